The van der Waals surface area contributed by atoms with E-state index in [1.807, 2.05) is 39.5 Å². The standard InChI is InChI=1S/C21H30N4O3/c1-13(2)18-10-16(17-11-22-25(14(3)4)20(17)23-18)21(27)28-12-19(26)24-9-7-6-8-15(24)5/h10-11,13-15H,6-9,12H2,1-5H3. The lowest BCUT2D eigenvalue weighted by Gasteiger charge is -2.33. The molecule has 1 saturated heterocycles. The summed E-state index contributed by atoms with van der Waals surface area (Å²) in [5.74, 6) is -0.481. The van der Waals surface area contributed by atoms with Gasteiger partial charge in [-0.05, 0) is 52.0 Å². The molecule has 3 heterocycles. The van der Waals surface area contributed by atoms with Crippen molar-refractivity contribution in [3.05, 3.63) is 23.5 Å². The normalized spacial score (nSPS) is 17.5. The van der Waals surface area contributed by atoms with E-state index in [1.165, 1.54) is 0 Å². The Morgan fingerprint density at radius 2 is 2.00 bits per heavy atom. The molecule has 2 aromatic rings. The number of carbonyl (C=O) groups excluding carboxylic acids is 2. The molecule has 1 fully saturated rings. The molecule has 1 unspecified atom stereocenters. The van der Waals surface area contributed by atoms with Crippen molar-refractivity contribution in [2.45, 2.75) is 71.9 Å². The number of rotatable bonds is 5. The lowest BCUT2D eigenvalue weighted by atomic mass is 10.0. The van der Waals surface area contributed by atoms with Crippen LogP contribution >= 0.6 is 0 Å². The van der Waals surface area contributed by atoms with Gasteiger partial charge in [0, 0.05) is 24.3 Å². The van der Waals surface area contributed by atoms with E-state index in [-0.39, 0.29) is 30.5 Å². The van der Waals surface area contributed by atoms with Crippen LogP contribution in [-0.4, -0.2) is 50.7 Å². The number of nitrogens with zero attached hydrogens (tertiary/aromatic N) is 4. The smallest absolute Gasteiger partial charge is 0.339 e. The first-order chi connectivity index (χ1) is 13.3. The van der Waals surface area contributed by atoms with Crippen molar-refractivity contribution in [3.8, 4) is 0 Å². The molecule has 28 heavy (non-hydrogen) atoms. The van der Waals surface area contributed by atoms with E-state index < -0.39 is 5.97 Å². The number of hydrogen-bond donors (Lipinski definition) is 0. The van der Waals surface area contributed by atoms with E-state index in [4.69, 9.17) is 9.72 Å². The molecule has 7 nitrogen and oxygen atoms in total. The van der Waals surface area contributed by atoms with Crippen LogP contribution in [0.15, 0.2) is 12.3 Å². The molecule has 1 atom stereocenters. The highest BCUT2D eigenvalue weighted by Gasteiger charge is 2.25. The number of piperidine rings is 1. The van der Waals surface area contributed by atoms with E-state index in [0.29, 0.717) is 16.6 Å². The van der Waals surface area contributed by atoms with Gasteiger partial charge in [0.05, 0.1) is 17.1 Å². The topological polar surface area (TPSA) is 77.3 Å². The first-order valence-corrected chi connectivity index (χ1v) is 10.1. The van der Waals surface area contributed by atoms with Crippen LogP contribution in [0.25, 0.3) is 11.0 Å². The van der Waals surface area contributed by atoms with Gasteiger partial charge in [0.1, 0.15) is 0 Å². The number of fused-ring (bicyclic) bond motifs is 1. The van der Waals surface area contributed by atoms with Crippen LogP contribution in [0.3, 0.4) is 0 Å². The summed E-state index contributed by atoms with van der Waals surface area (Å²) >= 11 is 0. The van der Waals surface area contributed by atoms with Crippen molar-refractivity contribution in [1.29, 1.82) is 0 Å². The highest BCUT2D eigenvalue weighted by atomic mass is 16.5. The van der Waals surface area contributed by atoms with Crippen LogP contribution in [0.2, 0.25) is 0 Å². The number of aromatic nitrogens is 3. The minimum Gasteiger partial charge on any atom is -0.452 e. The zero-order valence-electron chi connectivity index (χ0n) is 17.4. The Morgan fingerprint density at radius 3 is 2.64 bits per heavy atom. The second-order valence-corrected chi connectivity index (χ2v) is 8.18. The zero-order valence-corrected chi connectivity index (χ0v) is 17.4. The van der Waals surface area contributed by atoms with Crippen LogP contribution in [-0.2, 0) is 9.53 Å². The molecule has 0 aliphatic carbocycles. The molecule has 0 N–H and O–H groups in total. The van der Waals surface area contributed by atoms with Gasteiger partial charge in [-0.2, -0.15) is 5.10 Å². The van der Waals surface area contributed by atoms with E-state index in [9.17, 15) is 9.59 Å². The summed E-state index contributed by atoms with van der Waals surface area (Å²) < 4.78 is 7.21. The number of ether oxygens (including phenoxy) is 1. The van der Waals surface area contributed by atoms with E-state index in [1.54, 1.807) is 16.9 Å². The zero-order chi connectivity index (χ0) is 20.4. The highest BCUT2D eigenvalue weighted by molar-refractivity contribution is 6.03. The Kier molecular flexibility index (Phi) is 6.01. The summed E-state index contributed by atoms with van der Waals surface area (Å²) in [5, 5.41) is 5.04. The predicted octanol–water partition coefficient (Wildman–Crippen LogP) is 3.69. The molecule has 0 radical (unpaired) electrons. The number of likely N-dealkylation sites (tertiary alicyclic amines) is 1. The van der Waals surface area contributed by atoms with E-state index in [2.05, 4.69) is 5.10 Å². The number of hydrogen-bond acceptors (Lipinski definition) is 5. The second-order valence-electron chi connectivity index (χ2n) is 8.18. The van der Waals surface area contributed by atoms with Crippen molar-refractivity contribution in [3.63, 3.8) is 0 Å². The fourth-order valence-electron chi connectivity index (χ4n) is 3.64. The van der Waals surface area contributed by atoms with Crippen molar-refractivity contribution >= 4 is 22.9 Å². The Hall–Kier alpha value is -2.44. The predicted molar refractivity (Wildman–Crippen MR) is 107 cm³/mol. The summed E-state index contributed by atoms with van der Waals surface area (Å²) in [6, 6.07) is 2.08. The third kappa shape index (κ3) is 4.03. The summed E-state index contributed by atoms with van der Waals surface area (Å²) in [6.45, 7) is 10.6. The monoisotopic (exact) mass is 386 g/mol. The van der Waals surface area contributed by atoms with Gasteiger partial charge in [-0.15, -0.1) is 0 Å². The quantitative estimate of drug-likeness (QED) is 0.733. The van der Waals surface area contributed by atoms with Gasteiger partial charge >= 0.3 is 5.97 Å². The van der Waals surface area contributed by atoms with Gasteiger partial charge in [-0.3, -0.25) is 4.79 Å². The Bertz CT molecular complexity index is 872. The van der Waals surface area contributed by atoms with Crippen molar-refractivity contribution in [2.24, 2.45) is 0 Å². The Morgan fingerprint density at radius 1 is 1.25 bits per heavy atom. The molecule has 1 aliphatic heterocycles. The molecule has 1 aliphatic rings. The SMILES string of the molecule is CC(C)c1cc(C(=O)OCC(=O)N2CCCCC2C)c2cnn(C(C)C)c2n1. The maximum Gasteiger partial charge on any atom is 0.339 e. The molecule has 0 bridgehead atoms. The third-order valence-electron chi connectivity index (χ3n) is 5.34. The van der Waals surface area contributed by atoms with Gasteiger partial charge in [-0.25, -0.2) is 14.5 Å². The van der Waals surface area contributed by atoms with Gasteiger partial charge in [0.15, 0.2) is 12.3 Å². The van der Waals surface area contributed by atoms with Crippen LogP contribution in [0.4, 0.5) is 0 Å². The first-order valence-electron chi connectivity index (χ1n) is 10.1. The highest BCUT2D eigenvalue weighted by Crippen LogP contribution is 2.25. The summed E-state index contributed by atoms with van der Waals surface area (Å²) in [4.78, 5) is 31.8. The van der Waals surface area contributed by atoms with Gasteiger partial charge in [0.25, 0.3) is 5.91 Å². The van der Waals surface area contributed by atoms with E-state index in [0.717, 1.165) is 31.5 Å². The number of esters is 1. The number of carbonyl (C=O) groups is 2. The molecule has 0 spiro atoms. The fourth-order valence-corrected chi connectivity index (χ4v) is 3.64. The minimum atomic E-state index is -0.504. The molecule has 152 valence electrons. The van der Waals surface area contributed by atoms with Crippen molar-refractivity contribution in [1.82, 2.24) is 19.7 Å². The number of amides is 1. The molecular formula is C21H30N4O3. The lowest BCUT2D eigenvalue weighted by Crippen LogP contribution is -2.44. The van der Waals surface area contributed by atoms with Gasteiger partial charge in [0.2, 0.25) is 0 Å². The number of pyridine rings is 1. The van der Waals surface area contributed by atoms with Crippen molar-refractivity contribution < 1.29 is 14.3 Å². The van der Waals surface area contributed by atoms with Crippen LogP contribution in [0.1, 0.15) is 81.9 Å². The minimum absolute atomic E-state index is 0.124. The molecule has 0 aromatic carbocycles. The van der Waals surface area contributed by atoms with E-state index >= 15 is 0 Å². The molecule has 2 aromatic heterocycles. The Balaban J connectivity index is 1.83. The molecule has 0 saturated carbocycles. The Labute approximate surface area is 166 Å². The van der Waals surface area contributed by atoms with Crippen LogP contribution in [0, 0.1) is 0 Å². The maximum absolute atomic E-state index is 12.8. The molecule has 3 rings (SSSR count). The summed E-state index contributed by atoms with van der Waals surface area (Å²) in [7, 11) is 0. The average Bonchev–Trinajstić information content (AvgIpc) is 3.09. The third-order valence-corrected chi connectivity index (χ3v) is 5.34. The van der Waals surface area contributed by atoms with Gasteiger partial charge in [-0.1, -0.05) is 13.8 Å². The van der Waals surface area contributed by atoms with Crippen LogP contribution in [0.5, 0.6) is 0 Å². The average molecular weight is 386 g/mol. The summed E-state index contributed by atoms with van der Waals surface area (Å²) in [5.41, 5.74) is 1.89. The van der Waals surface area contributed by atoms with Crippen LogP contribution < -0.4 is 0 Å². The van der Waals surface area contributed by atoms with Gasteiger partial charge < -0.3 is 9.64 Å². The maximum atomic E-state index is 12.8. The molecule has 1 amide bonds. The second kappa shape index (κ2) is 8.29. The van der Waals surface area contributed by atoms with Crippen molar-refractivity contribution in [2.75, 3.05) is 13.2 Å². The fraction of sp³-hybridized carbons (Fsp3) is 0.619. The lowest BCUT2D eigenvalue weighted by molar-refractivity contribution is -0.137. The first kappa shape index (κ1) is 20.3. The summed E-state index contributed by atoms with van der Waals surface area (Å²) in [6.07, 6.45) is 4.78. The molecular weight excluding hydrogens is 356 g/mol. The largest absolute Gasteiger partial charge is 0.452 e. The molecule has 7 heteroatoms.